The summed E-state index contributed by atoms with van der Waals surface area (Å²) in [6, 6.07) is 10.4. The minimum absolute atomic E-state index is 0.0531. The van der Waals surface area contributed by atoms with E-state index in [9.17, 15) is 4.79 Å². The first-order chi connectivity index (χ1) is 10.6. The van der Waals surface area contributed by atoms with E-state index in [-0.39, 0.29) is 11.9 Å². The molecule has 1 heterocycles. The Hall–Kier alpha value is -1.75. The molecular weight excluding hydrogens is 294 g/mol. The van der Waals surface area contributed by atoms with Gasteiger partial charge in [0.25, 0.3) is 5.91 Å². The molecule has 0 unspecified atom stereocenters. The summed E-state index contributed by atoms with van der Waals surface area (Å²) >= 11 is 1.83. The topological polar surface area (TPSA) is 46.9 Å². The lowest BCUT2D eigenvalue weighted by Gasteiger charge is -2.11. The van der Waals surface area contributed by atoms with Crippen LogP contribution in [0.5, 0.6) is 0 Å². The Morgan fingerprint density at radius 2 is 2.09 bits per heavy atom. The lowest BCUT2D eigenvalue weighted by atomic mass is 10.1. The van der Waals surface area contributed by atoms with Crippen LogP contribution in [0.1, 0.15) is 41.5 Å². The number of aromatic nitrogens is 2. The van der Waals surface area contributed by atoms with Crippen molar-refractivity contribution < 1.29 is 4.79 Å². The average molecular weight is 317 g/mol. The summed E-state index contributed by atoms with van der Waals surface area (Å²) in [4.78, 5) is 12.1. The molecule has 0 aliphatic carbocycles. The number of rotatable bonds is 7. The van der Waals surface area contributed by atoms with E-state index in [4.69, 9.17) is 0 Å². The molecule has 22 heavy (non-hydrogen) atoms. The Labute approximate surface area is 136 Å². The van der Waals surface area contributed by atoms with Crippen LogP contribution in [0.4, 0.5) is 0 Å². The van der Waals surface area contributed by atoms with E-state index in [0.717, 1.165) is 11.5 Å². The molecule has 5 heteroatoms. The van der Waals surface area contributed by atoms with Crippen LogP contribution in [-0.4, -0.2) is 28.0 Å². The summed E-state index contributed by atoms with van der Waals surface area (Å²) in [5.74, 6) is 1.82. The Morgan fingerprint density at radius 1 is 1.32 bits per heavy atom. The number of nitrogens with zero attached hydrogens (tertiary/aromatic N) is 2. The van der Waals surface area contributed by atoms with Crippen LogP contribution in [0.15, 0.2) is 36.5 Å². The van der Waals surface area contributed by atoms with E-state index in [0.29, 0.717) is 12.2 Å². The molecule has 2 aromatic rings. The van der Waals surface area contributed by atoms with E-state index in [2.05, 4.69) is 41.6 Å². The van der Waals surface area contributed by atoms with E-state index < -0.39 is 0 Å². The molecule has 0 saturated heterocycles. The molecule has 0 bridgehead atoms. The van der Waals surface area contributed by atoms with Crippen LogP contribution in [-0.2, 0) is 5.75 Å². The van der Waals surface area contributed by atoms with Gasteiger partial charge in [-0.3, -0.25) is 9.48 Å². The largest absolute Gasteiger partial charge is 0.350 e. The van der Waals surface area contributed by atoms with Crippen molar-refractivity contribution in [3.63, 3.8) is 0 Å². The fourth-order valence-corrected chi connectivity index (χ4v) is 3.12. The zero-order valence-corrected chi connectivity index (χ0v) is 14.2. The summed E-state index contributed by atoms with van der Waals surface area (Å²) < 4.78 is 1.75. The number of amides is 1. The zero-order valence-electron chi connectivity index (χ0n) is 13.4. The van der Waals surface area contributed by atoms with Crippen molar-refractivity contribution in [1.82, 2.24) is 15.1 Å². The molecule has 0 aliphatic heterocycles. The summed E-state index contributed by atoms with van der Waals surface area (Å²) in [6.45, 7) is 6.83. The highest BCUT2D eigenvalue weighted by Gasteiger charge is 2.13. The molecule has 0 aliphatic rings. The van der Waals surface area contributed by atoms with Crippen molar-refractivity contribution >= 4 is 17.7 Å². The first kappa shape index (κ1) is 16.6. The monoisotopic (exact) mass is 317 g/mol. The van der Waals surface area contributed by atoms with Gasteiger partial charge in [0, 0.05) is 30.3 Å². The van der Waals surface area contributed by atoms with Gasteiger partial charge in [0.2, 0.25) is 0 Å². The molecule has 0 atom stereocenters. The predicted molar refractivity (Wildman–Crippen MR) is 92.3 cm³/mol. The van der Waals surface area contributed by atoms with Gasteiger partial charge in [0.1, 0.15) is 5.69 Å². The third kappa shape index (κ3) is 4.37. The number of hydrogen-bond donors (Lipinski definition) is 1. The summed E-state index contributed by atoms with van der Waals surface area (Å²) in [7, 11) is 0. The smallest absolute Gasteiger partial charge is 0.269 e. The zero-order chi connectivity index (χ0) is 15.9. The second kappa shape index (κ2) is 8.03. The molecule has 4 nitrogen and oxygen atoms in total. The quantitative estimate of drug-likeness (QED) is 0.796. The Kier molecular flexibility index (Phi) is 6.07. The maximum Gasteiger partial charge on any atom is 0.269 e. The standard InChI is InChI=1S/C17H23N3OS/c1-13(2)20-16(8-9-19-20)17(21)18-10-11-22-12-15-7-5-4-6-14(15)3/h4-9,13H,10-12H2,1-3H3,(H,18,21). The van der Waals surface area contributed by atoms with Crippen LogP contribution in [0, 0.1) is 6.92 Å². The van der Waals surface area contributed by atoms with Gasteiger partial charge < -0.3 is 5.32 Å². The maximum absolute atomic E-state index is 12.1. The van der Waals surface area contributed by atoms with Crippen molar-refractivity contribution in [1.29, 1.82) is 0 Å². The van der Waals surface area contributed by atoms with Crippen molar-refractivity contribution in [2.45, 2.75) is 32.6 Å². The molecule has 1 amide bonds. The predicted octanol–water partition coefficient (Wildman–Crippen LogP) is 3.44. The molecule has 0 radical (unpaired) electrons. The molecule has 2 rings (SSSR count). The first-order valence-electron chi connectivity index (χ1n) is 7.53. The minimum atomic E-state index is -0.0531. The summed E-state index contributed by atoms with van der Waals surface area (Å²) in [6.07, 6.45) is 1.67. The van der Waals surface area contributed by atoms with Crippen molar-refractivity contribution in [2.75, 3.05) is 12.3 Å². The first-order valence-corrected chi connectivity index (χ1v) is 8.69. The number of thioether (sulfide) groups is 1. The van der Waals surface area contributed by atoms with Crippen LogP contribution < -0.4 is 5.32 Å². The van der Waals surface area contributed by atoms with Gasteiger partial charge in [0.05, 0.1) is 0 Å². The molecule has 1 N–H and O–H groups in total. The third-order valence-corrected chi connectivity index (χ3v) is 4.45. The van der Waals surface area contributed by atoms with Crippen LogP contribution >= 0.6 is 11.8 Å². The minimum Gasteiger partial charge on any atom is -0.350 e. The lowest BCUT2D eigenvalue weighted by molar-refractivity contribution is 0.0943. The fraction of sp³-hybridized carbons (Fsp3) is 0.412. The number of hydrogen-bond acceptors (Lipinski definition) is 3. The van der Waals surface area contributed by atoms with Gasteiger partial charge in [-0.05, 0) is 38.0 Å². The van der Waals surface area contributed by atoms with Crippen molar-refractivity contribution in [2.24, 2.45) is 0 Å². The average Bonchev–Trinajstić information content (AvgIpc) is 2.98. The molecule has 1 aromatic carbocycles. The second-order valence-electron chi connectivity index (χ2n) is 5.49. The number of benzene rings is 1. The van der Waals surface area contributed by atoms with Crippen LogP contribution in [0.3, 0.4) is 0 Å². The molecular formula is C17H23N3OS. The fourth-order valence-electron chi connectivity index (χ4n) is 2.19. The molecule has 1 aromatic heterocycles. The van der Waals surface area contributed by atoms with Gasteiger partial charge in [-0.15, -0.1) is 0 Å². The molecule has 118 valence electrons. The van der Waals surface area contributed by atoms with Crippen molar-refractivity contribution in [3.8, 4) is 0 Å². The van der Waals surface area contributed by atoms with Gasteiger partial charge in [-0.1, -0.05) is 24.3 Å². The Bertz CT molecular complexity index is 622. The number of nitrogens with one attached hydrogen (secondary N) is 1. The molecule has 0 spiro atoms. The van der Waals surface area contributed by atoms with E-state index in [1.807, 2.05) is 25.6 Å². The van der Waals surface area contributed by atoms with E-state index >= 15 is 0 Å². The van der Waals surface area contributed by atoms with Crippen LogP contribution in [0.2, 0.25) is 0 Å². The lowest BCUT2D eigenvalue weighted by Crippen LogP contribution is -2.28. The summed E-state index contributed by atoms with van der Waals surface area (Å²) in [5.41, 5.74) is 3.30. The van der Waals surface area contributed by atoms with Gasteiger partial charge in [0.15, 0.2) is 0 Å². The Balaban J connectivity index is 1.74. The van der Waals surface area contributed by atoms with E-state index in [1.165, 1.54) is 11.1 Å². The Morgan fingerprint density at radius 3 is 2.82 bits per heavy atom. The SMILES string of the molecule is Cc1ccccc1CSCCNC(=O)c1ccnn1C(C)C. The third-order valence-electron chi connectivity index (χ3n) is 3.44. The number of carbonyl (C=O) groups excluding carboxylic acids is 1. The van der Waals surface area contributed by atoms with E-state index in [1.54, 1.807) is 16.9 Å². The summed E-state index contributed by atoms with van der Waals surface area (Å²) in [5, 5.41) is 7.14. The highest BCUT2D eigenvalue weighted by atomic mass is 32.2. The number of carbonyl (C=O) groups is 1. The van der Waals surface area contributed by atoms with Gasteiger partial charge >= 0.3 is 0 Å². The maximum atomic E-state index is 12.1. The molecule has 0 saturated carbocycles. The van der Waals surface area contributed by atoms with Gasteiger partial charge in [-0.2, -0.15) is 16.9 Å². The highest BCUT2D eigenvalue weighted by molar-refractivity contribution is 7.98. The number of aryl methyl sites for hydroxylation is 1. The highest BCUT2D eigenvalue weighted by Crippen LogP contribution is 2.15. The van der Waals surface area contributed by atoms with Crippen molar-refractivity contribution in [3.05, 3.63) is 53.3 Å². The molecule has 0 fully saturated rings. The second-order valence-corrected chi connectivity index (χ2v) is 6.59. The normalized spacial score (nSPS) is 10.9. The van der Waals surface area contributed by atoms with Crippen LogP contribution in [0.25, 0.3) is 0 Å². The van der Waals surface area contributed by atoms with Gasteiger partial charge in [-0.25, -0.2) is 0 Å².